The van der Waals surface area contributed by atoms with Crippen LogP contribution >= 0.6 is 0 Å². The predicted octanol–water partition coefficient (Wildman–Crippen LogP) is 2.70. The zero-order valence-electron chi connectivity index (χ0n) is 9.40. The highest BCUT2D eigenvalue weighted by molar-refractivity contribution is 5.64. The Morgan fingerprint density at radius 3 is 2.60 bits per heavy atom. The van der Waals surface area contributed by atoms with E-state index >= 15 is 0 Å². The molecule has 0 spiro atoms. The van der Waals surface area contributed by atoms with Gasteiger partial charge < -0.3 is 9.47 Å². The molecule has 0 bridgehead atoms. The average Bonchev–Trinajstić information content (AvgIpc) is 2.05. The summed E-state index contributed by atoms with van der Waals surface area (Å²) in [7, 11) is 0. The second kappa shape index (κ2) is 4.29. The van der Waals surface area contributed by atoms with E-state index in [1.807, 2.05) is 0 Å². The molecule has 1 rings (SSSR count). The van der Waals surface area contributed by atoms with Gasteiger partial charge in [-0.2, -0.15) is 0 Å². The third kappa shape index (κ3) is 3.97. The molecule has 0 N–H and O–H groups in total. The maximum absolute atomic E-state index is 11.3. The normalized spacial score (nSPS) is 10.9. The molecule has 4 nitrogen and oxygen atoms in total. The Hall–Kier alpha value is -1.58. The van der Waals surface area contributed by atoms with Crippen LogP contribution in [0.2, 0.25) is 0 Å². The largest absolute Gasteiger partial charge is 0.514 e. The van der Waals surface area contributed by atoms with E-state index < -0.39 is 11.8 Å². The molecule has 15 heavy (non-hydrogen) atoms. The maximum atomic E-state index is 11.3. The predicted molar refractivity (Wildman–Crippen MR) is 55.8 cm³/mol. The first-order valence-corrected chi connectivity index (χ1v) is 4.71. The third-order valence-electron chi connectivity index (χ3n) is 1.54. The zero-order valence-corrected chi connectivity index (χ0v) is 9.40. The number of aryl methyl sites for hydroxylation is 1. The van der Waals surface area contributed by atoms with Gasteiger partial charge in [0.25, 0.3) is 0 Å². The molecule has 1 aromatic heterocycles. The Morgan fingerprint density at radius 1 is 1.40 bits per heavy atom. The number of carbonyl (C=O) groups is 1. The van der Waals surface area contributed by atoms with E-state index in [9.17, 15) is 4.79 Å². The molecule has 0 fully saturated rings. The molecule has 4 heteroatoms. The molecule has 0 saturated carbocycles. The van der Waals surface area contributed by atoms with E-state index in [0.29, 0.717) is 11.4 Å². The lowest BCUT2D eigenvalue weighted by Gasteiger charge is -2.18. The number of pyridine rings is 1. The molecule has 82 valence electrons. The summed E-state index contributed by atoms with van der Waals surface area (Å²) in [6, 6.07) is 3.37. The van der Waals surface area contributed by atoms with Crippen molar-refractivity contribution in [1.29, 1.82) is 0 Å². The highest BCUT2D eigenvalue weighted by atomic mass is 16.7. The molecule has 1 aromatic rings. The molecule has 0 aliphatic carbocycles. The number of hydrogen-bond acceptors (Lipinski definition) is 4. The van der Waals surface area contributed by atoms with E-state index in [4.69, 9.17) is 9.47 Å². The second-order valence-electron chi connectivity index (χ2n) is 4.15. The van der Waals surface area contributed by atoms with Crippen LogP contribution in [0.3, 0.4) is 0 Å². The fourth-order valence-electron chi connectivity index (χ4n) is 0.938. The Kier molecular flexibility index (Phi) is 3.29. The molecule has 1 heterocycles. The molecule has 0 aromatic carbocycles. The van der Waals surface area contributed by atoms with Crippen molar-refractivity contribution < 1.29 is 14.3 Å². The highest BCUT2D eigenvalue weighted by Crippen LogP contribution is 2.16. The van der Waals surface area contributed by atoms with Gasteiger partial charge in [-0.25, -0.2) is 4.79 Å². The van der Waals surface area contributed by atoms with E-state index in [1.165, 1.54) is 0 Å². The van der Waals surface area contributed by atoms with E-state index in [2.05, 4.69) is 4.98 Å². The molecule has 0 unspecified atom stereocenters. The van der Waals surface area contributed by atoms with Crippen molar-refractivity contribution in [3.05, 3.63) is 24.0 Å². The van der Waals surface area contributed by atoms with Gasteiger partial charge in [0.15, 0.2) is 5.75 Å². The van der Waals surface area contributed by atoms with Crippen molar-refractivity contribution in [2.24, 2.45) is 0 Å². The van der Waals surface area contributed by atoms with Gasteiger partial charge >= 0.3 is 6.16 Å². The van der Waals surface area contributed by atoms with E-state index in [-0.39, 0.29) is 0 Å². The SMILES string of the molecule is Cc1ncccc1OC(=O)OC(C)(C)C. The summed E-state index contributed by atoms with van der Waals surface area (Å²) in [6.45, 7) is 7.11. The fourth-order valence-corrected chi connectivity index (χ4v) is 0.938. The maximum Gasteiger partial charge on any atom is 0.514 e. The standard InChI is InChI=1S/C11H15NO3/c1-8-9(6-5-7-12-8)14-10(13)15-11(2,3)4/h5-7H,1-4H3. The summed E-state index contributed by atoms with van der Waals surface area (Å²) in [5.41, 5.74) is 0.107. The van der Waals surface area contributed by atoms with Crippen molar-refractivity contribution in [1.82, 2.24) is 4.98 Å². The van der Waals surface area contributed by atoms with Crippen LogP contribution in [-0.4, -0.2) is 16.7 Å². The molecular formula is C11H15NO3. The van der Waals surface area contributed by atoms with Crippen molar-refractivity contribution in [3.63, 3.8) is 0 Å². The Balaban J connectivity index is 2.64. The van der Waals surface area contributed by atoms with Gasteiger partial charge in [0, 0.05) is 6.20 Å². The van der Waals surface area contributed by atoms with Crippen molar-refractivity contribution in [3.8, 4) is 5.75 Å². The first-order valence-electron chi connectivity index (χ1n) is 4.71. The zero-order chi connectivity index (χ0) is 11.5. The summed E-state index contributed by atoms with van der Waals surface area (Å²) in [5.74, 6) is 0.423. The van der Waals surface area contributed by atoms with Crippen LogP contribution < -0.4 is 4.74 Å². The van der Waals surface area contributed by atoms with Gasteiger partial charge in [-0.1, -0.05) is 0 Å². The smallest absolute Gasteiger partial charge is 0.428 e. The lowest BCUT2D eigenvalue weighted by atomic mass is 10.2. The van der Waals surface area contributed by atoms with Gasteiger partial charge in [-0.05, 0) is 39.8 Å². The lowest BCUT2D eigenvalue weighted by molar-refractivity contribution is 0.0204. The molecule has 0 aliphatic heterocycles. The van der Waals surface area contributed by atoms with Gasteiger partial charge in [-0.15, -0.1) is 0 Å². The summed E-state index contributed by atoms with van der Waals surface area (Å²) in [6.07, 6.45) is 0.927. The van der Waals surface area contributed by atoms with Crippen LogP contribution in [0.1, 0.15) is 26.5 Å². The van der Waals surface area contributed by atoms with Gasteiger partial charge in [0.2, 0.25) is 0 Å². The molecule has 0 radical (unpaired) electrons. The molecule has 0 aliphatic rings. The molecule has 0 saturated heterocycles. The minimum atomic E-state index is -0.710. The number of carbonyl (C=O) groups excluding carboxylic acids is 1. The number of aromatic nitrogens is 1. The Morgan fingerprint density at radius 2 is 2.07 bits per heavy atom. The van der Waals surface area contributed by atoms with Gasteiger partial charge in [0.05, 0.1) is 5.69 Å². The van der Waals surface area contributed by atoms with Crippen LogP contribution in [-0.2, 0) is 4.74 Å². The first kappa shape index (κ1) is 11.5. The fraction of sp³-hybridized carbons (Fsp3) is 0.455. The summed E-state index contributed by atoms with van der Waals surface area (Å²) in [5, 5.41) is 0. The monoisotopic (exact) mass is 209 g/mol. The molecule has 0 atom stereocenters. The number of nitrogens with zero attached hydrogens (tertiary/aromatic N) is 1. The van der Waals surface area contributed by atoms with E-state index in [1.54, 1.807) is 46.0 Å². The quantitative estimate of drug-likeness (QED) is 0.667. The lowest BCUT2D eigenvalue weighted by Crippen LogP contribution is -2.26. The van der Waals surface area contributed by atoms with Gasteiger partial charge in [0.1, 0.15) is 5.60 Å². The summed E-state index contributed by atoms with van der Waals surface area (Å²) >= 11 is 0. The van der Waals surface area contributed by atoms with Crippen molar-refractivity contribution in [2.45, 2.75) is 33.3 Å². The van der Waals surface area contributed by atoms with Crippen LogP contribution in [0.5, 0.6) is 5.75 Å². The topological polar surface area (TPSA) is 48.4 Å². The average molecular weight is 209 g/mol. The van der Waals surface area contributed by atoms with Crippen LogP contribution in [0, 0.1) is 6.92 Å². The van der Waals surface area contributed by atoms with E-state index in [0.717, 1.165) is 0 Å². The minimum absolute atomic E-state index is 0.423. The summed E-state index contributed by atoms with van der Waals surface area (Å²) < 4.78 is 10.0. The highest BCUT2D eigenvalue weighted by Gasteiger charge is 2.18. The number of hydrogen-bond donors (Lipinski definition) is 0. The number of ether oxygens (including phenoxy) is 2. The third-order valence-corrected chi connectivity index (χ3v) is 1.54. The molecule has 0 amide bonds. The second-order valence-corrected chi connectivity index (χ2v) is 4.15. The van der Waals surface area contributed by atoms with Crippen LogP contribution in [0.4, 0.5) is 4.79 Å². The van der Waals surface area contributed by atoms with Crippen LogP contribution in [0.15, 0.2) is 18.3 Å². The first-order chi connectivity index (χ1) is 6.88. The minimum Gasteiger partial charge on any atom is -0.428 e. The Labute approximate surface area is 89.2 Å². The Bertz CT molecular complexity index is 355. The van der Waals surface area contributed by atoms with Gasteiger partial charge in [-0.3, -0.25) is 4.98 Å². The number of rotatable bonds is 1. The van der Waals surface area contributed by atoms with Crippen LogP contribution in [0.25, 0.3) is 0 Å². The van der Waals surface area contributed by atoms with Crippen molar-refractivity contribution >= 4 is 6.16 Å². The molecular weight excluding hydrogens is 194 g/mol. The summed E-state index contributed by atoms with van der Waals surface area (Å²) in [4.78, 5) is 15.3. The van der Waals surface area contributed by atoms with Crippen molar-refractivity contribution in [2.75, 3.05) is 0 Å².